The van der Waals surface area contributed by atoms with Crippen LogP contribution in [0.3, 0.4) is 0 Å². The van der Waals surface area contributed by atoms with E-state index in [1.165, 1.54) is 12.1 Å². The van der Waals surface area contributed by atoms with Crippen LogP contribution in [-0.2, 0) is 16.0 Å². The number of carboxylic acid groups (broad SMARTS) is 1. The Labute approximate surface area is 176 Å². The standard InChI is InChI=1S/C23H29N3O4/c1-15(2)13-20(22(28)25-18-12-8-7-11-17(18)23(29)30)26-21(27)19(24-3)14-16-9-5-4-6-10-16/h4-12,15,19-20,24H,13-14H2,1-3H3,(H,25,28)(H,26,27)(H,29,30)/t19-,20+/m1/s1. The number of hydrogen-bond acceptors (Lipinski definition) is 4. The van der Waals surface area contributed by atoms with Crippen LogP contribution in [-0.4, -0.2) is 42.0 Å². The zero-order valence-corrected chi connectivity index (χ0v) is 17.5. The van der Waals surface area contributed by atoms with E-state index in [1.807, 2.05) is 44.2 Å². The Bertz CT molecular complexity index is 868. The molecule has 0 heterocycles. The third-order valence-corrected chi connectivity index (χ3v) is 4.70. The van der Waals surface area contributed by atoms with Gasteiger partial charge >= 0.3 is 5.97 Å². The Kier molecular flexibility index (Phi) is 8.55. The van der Waals surface area contributed by atoms with Crippen molar-refractivity contribution in [2.75, 3.05) is 12.4 Å². The molecule has 2 amide bonds. The van der Waals surface area contributed by atoms with Gasteiger partial charge in [-0.1, -0.05) is 56.3 Å². The summed E-state index contributed by atoms with van der Waals surface area (Å²) < 4.78 is 0. The van der Waals surface area contributed by atoms with Gasteiger partial charge in [-0.15, -0.1) is 0 Å². The molecule has 0 saturated carbocycles. The van der Waals surface area contributed by atoms with E-state index in [-0.39, 0.29) is 23.1 Å². The lowest BCUT2D eigenvalue weighted by Gasteiger charge is -2.24. The van der Waals surface area contributed by atoms with Gasteiger partial charge < -0.3 is 21.1 Å². The van der Waals surface area contributed by atoms with Crippen molar-refractivity contribution in [2.45, 2.75) is 38.8 Å². The van der Waals surface area contributed by atoms with E-state index in [1.54, 1.807) is 19.2 Å². The van der Waals surface area contributed by atoms with Gasteiger partial charge in [0.25, 0.3) is 0 Å². The molecule has 0 saturated heterocycles. The lowest BCUT2D eigenvalue weighted by molar-refractivity contribution is -0.128. The summed E-state index contributed by atoms with van der Waals surface area (Å²) in [7, 11) is 1.70. The minimum atomic E-state index is -1.13. The summed E-state index contributed by atoms with van der Waals surface area (Å²) in [4.78, 5) is 37.1. The van der Waals surface area contributed by atoms with Crippen molar-refractivity contribution in [1.82, 2.24) is 10.6 Å². The molecule has 0 aliphatic heterocycles. The maximum Gasteiger partial charge on any atom is 0.337 e. The Morgan fingerprint density at radius 3 is 2.13 bits per heavy atom. The number of rotatable bonds is 10. The summed E-state index contributed by atoms with van der Waals surface area (Å²) in [6.07, 6.45) is 0.912. The molecule has 30 heavy (non-hydrogen) atoms. The van der Waals surface area contributed by atoms with Gasteiger partial charge in [0, 0.05) is 0 Å². The van der Waals surface area contributed by atoms with Gasteiger partial charge in [0.15, 0.2) is 0 Å². The molecular weight excluding hydrogens is 382 g/mol. The molecule has 0 aliphatic carbocycles. The van der Waals surface area contributed by atoms with Crippen LogP contribution in [0.4, 0.5) is 5.69 Å². The second-order valence-electron chi connectivity index (χ2n) is 7.56. The lowest BCUT2D eigenvalue weighted by Crippen LogP contribution is -2.52. The van der Waals surface area contributed by atoms with Crippen molar-refractivity contribution in [3.63, 3.8) is 0 Å². The van der Waals surface area contributed by atoms with Crippen LogP contribution in [0.2, 0.25) is 0 Å². The number of anilines is 1. The number of carboxylic acids is 1. The molecule has 2 aromatic rings. The topological polar surface area (TPSA) is 108 Å². The third kappa shape index (κ3) is 6.70. The van der Waals surface area contributed by atoms with Crippen molar-refractivity contribution < 1.29 is 19.5 Å². The average molecular weight is 412 g/mol. The SMILES string of the molecule is CN[C@H](Cc1ccccc1)C(=O)N[C@@H](CC(C)C)C(=O)Nc1ccccc1C(=O)O. The van der Waals surface area contributed by atoms with Gasteiger partial charge in [0.1, 0.15) is 6.04 Å². The first-order chi connectivity index (χ1) is 14.3. The van der Waals surface area contributed by atoms with Crippen molar-refractivity contribution in [1.29, 1.82) is 0 Å². The van der Waals surface area contributed by atoms with E-state index >= 15 is 0 Å². The number of para-hydroxylation sites is 1. The fourth-order valence-electron chi connectivity index (χ4n) is 3.15. The molecular formula is C23H29N3O4. The van der Waals surface area contributed by atoms with Gasteiger partial charge in [-0.3, -0.25) is 9.59 Å². The average Bonchev–Trinajstić information content (AvgIpc) is 2.72. The molecule has 2 rings (SSSR count). The Morgan fingerprint density at radius 1 is 0.900 bits per heavy atom. The van der Waals surface area contributed by atoms with Crippen molar-refractivity contribution in [2.24, 2.45) is 5.92 Å². The minimum Gasteiger partial charge on any atom is -0.478 e. The van der Waals surface area contributed by atoms with Crippen molar-refractivity contribution >= 4 is 23.5 Å². The smallest absolute Gasteiger partial charge is 0.337 e. The first-order valence-corrected chi connectivity index (χ1v) is 9.96. The molecule has 0 aliphatic rings. The predicted molar refractivity (Wildman–Crippen MR) is 116 cm³/mol. The summed E-state index contributed by atoms with van der Waals surface area (Å²) >= 11 is 0. The molecule has 160 valence electrons. The monoisotopic (exact) mass is 411 g/mol. The highest BCUT2D eigenvalue weighted by atomic mass is 16.4. The fourth-order valence-corrected chi connectivity index (χ4v) is 3.15. The first kappa shape index (κ1) is 23.1. The number of nitrogens with one attached hydrogen (secondary N) is 3. The summed E-state index contributed by atoms with van der Waals surface area (Å²) in [5, 5.41) is 17.8. The number of aromatic carboxylic acids is 1. The molecule has 0 radical (unpaired) electrons. The Morgan fingerprint density at radius 2 is 1.53 bits per heavy atom. The predicted octanol–water partition coefficient (Wildman–Crippen LogP) is 2.68. The summed E-state index contributed by atoms with van der Waals surface area (Å²) in [5.41, 5.74) is 1.21. The summed E-state index contributed by atoms with van der Waals surface area (Å²) in [5.74, 6) is -1.71. The van der Waals surface area contributed by atoms with Gasteiger partial charge in [0.2, 0.25) is 11.8 Å². The number of benzene rings is 2. The van der Waals surface area contributed by atoms with E-state index in [4.69, 9.17) is 0 Å². The number of hydrogen-bond donors (Lipinski definition) is 4. The third-order valence-electron chi connectivity index (χ3n) is 4.70. The quantitative estimate of drug-likeness (QED) is 0.481. The van der Waals surface area contributed by atoms with Crippen LogP contribution >= 0.6 is 0 Å². The van der Waals surface area contributed by atoms with E-state index < -0.39 is 24.0 Å². The normalized spacial score (nSPS) is 12.8. The van der Waals surface area contributed by atoms with E-state index in [0.717, 1.165) is 5.56 Å². The molecule has 0 unspecified atom stereocenters. The van der Waals surface area contributed by atoms with Crippen molar-refractivity contribution in [3.05, 3.63) is 65.7 Å². The Balaban J connectivity index is 2.13. The van der Waals surface area contributed by atoms with E-state index in [2.05, 4.69) is 16.0 Å². The zero-order valence-electron chi connectivity index (χ0n) is 17.5. The minimum absolute atomic E-state index is 0.00217. The molecule has 0 spiro atoms. The van der Waals surface area contributed by atoms with Gasteiger partial charge in [-0.05, 0) is 43.5 Å². The molecule has 2 atom stereocenters. The largest absolute Gasteiger partial charge is 0.478 e. The van der Waals surface area contributed by atoms with Crippen LogP contribution < -0.4 is 16.0 Å². The maximum atomic E-state index is 12.9. The number of likely N-dealkylation sites (N-methyl/N-ethyl adjacent to an activating group) is 1. The van der Waals surface area contributed by atoms with E-state index in [0.29, 0.717) is 12.8 Å². The highest BCUT2D eigenvalue weighted by Crippen LogP contribution is 2.16. The molecule has 0 bridgehead atoms. The van der Waals surface area contributed by atoms with Crippen LogP contribution in [0.25, 0.3) is 0 Å². The highest BCUT2D eigenvalue weighted by molar-refractivity contribution is 6.03. The van der Waals surface area contributed by atoms with Crippen LogP contribution in [0, 0.1) is 5.92 Å². The number of carbonyl (C=O) groups excluding carboxylic acids is 2. The molecule has 0 fully saturated rings. The zero-order chi connectivity index (χ0) is 22.1. The molecule has 7 heteroatoms. The number of carbonyl (C=O) groups is 3. The Hall–Kier alpha value is -3.19. The van der Waals surface area contributed by atoms with Crippen molar-refractivity contribution in [3.8, 4) is 0 Å². The van der Waals surface area contributed by atoms with Crippen LogP contribution in [0.5, 0.6) is 0 Å². The molecule has 2 aromatic carbocycles. The summed E-state index contributed by atoms with van der Waals surface area (Å²) in [6, 6.07) is 14.5. The van der Waals surface area contributed by atoms with Crippen LogP contribution in [0.15, 0.2) is 54.6 Å². The molecule has 0 aromatic heterocycles. The second kappa shape index (κ2) is 11.1. The van der Waals surface area contributed by atoms with Gasteiger partial charge in [-0.2, -0.15) is 0 Å². The fraction of sp³-hybridized carbons (Fsp3) is 0.348. The maximum absolute atomic E-state index is 12.9. The lowest BCUT2D eigenvalue weighted by atomic mass is 10.0. The highest BCUT2D eigenvalue weighted by Gasteiger charge is 2.26. The molecule has 4 N–H and O–H groups in total. The number of amides is 2. The summed E-state index contributed by atoms with van der Waals surface area (Å²) in [6.45, 7) is 3.91. The van der Waals surface area contributed by atoms with Gasteiger partial charge in [-0.25, -0.2) is 4.79 Å². The second-order valence-corrected chi connectivity index (χ2v) is 7.56. The molecule has 7 nitrogen and oxygen atoms in total. The van der Waals surface area contributed by atoms with Gasteiger partial charge in [0.05, 0.1) is 17.3 Å². The first-order valence-electron chi connectivity index (χ1n) is 9.96. The van der Waals surface area contributed by atoms with E-state index in [9.17, 15) is 19.5 Å². The van der Waals surface area contributed by atoms with Crippen LogP contribution in [0.1, 0.15) is 36.2 Å².